The molecule has 1 amide bonds. The Balaban J connectivity index is 0. The van der Waals surface area contributed by atoms with Gasteiger partial charge >= 0.3 is 29.6 Å². The predicted octanol–water partition coefficient (Wildman–Crippen LogP) is 3.02. The van der Waals surface area contributed by atoms with Crippen molar-refractivity contribution in [3.63, 3.8) is 0 Å². The van der Waals surface area contributed by atoms with E-state index >= 15 is 0 Å². The number of likely N-dealkylation sites (N-methyl/N-ethyl adjacent to an activating group) is 1. The van der Waals surface area contributed by atoms with Crippen molar-refractivity contribution in [2.24, 2.45) is 0 Å². The number of rotatable bonds is 22. The molecule has 0 N–H and O–H groups in total. The van der Waals surface area contributed by atoms with Gasteiger partial charge in [-0.3, -0.25) is 4.79 Å². The molecule has 0 atom stereocenters. The first-order chi connectivity index (χ1) is 14.1. The molecule has 0 aromatic rings. The number of unbranched alkanes of at least 4 members (excludes halogenated alkanes) is 18. The Morgan fingerprint density at radius 2 is 0.900 bits per heavy atom. The van der Waals surface area contributed by atoms with Crippen LogP contribution in [0.1, 0.15) is 135 Å². The average Bonchev–Trinajstić information content (AvgIpc) is 2.69. The molecule has 0 heterocycles. The van der Waals surface area contributed by atoms with Gasteiger partial charge < -0.3 is 14.8 Å². The van der Waals surface area contributed by atoms with Crippen LogP contribution in [0.15, 0.2) is 0 Å². The van der Waals surface area contributed by atoms with Gasteiger partial charge in [-0.25, -0.2) is 0 Å². The number of carboxylic acid groups (broad SMARTS) is 1. The molecule has 172 valence electrons. The van der Waals surface area contributed by atoms with Crippen LogP contribution < -0.4 is 34.7 Å². The van der Waals surface area contributed by atoms with Crippen molar-refractivity contribution in [3.05, 3.63) is 0 Å². The molecule has 0 aliphatic carbocycles. The Morgan fingerprint density at radius 1 is 0.600 bits per heavy atom. The summed E-state index contributed by atoms with van der Waals surface area (Å²) in [5, 5.41) is 10.5. The Kier molecular flexibility index (Phi) is 27.0. The number of carbonyl (C=O) groups is 2. The molecule has 30 heavy (non-hydrogen) atoms. The second-order valence-electron chi connectivity index (χ2n) is 8.74. The minimum absolute atomic E-state index is 0. The van der Waals surface area contributed by atoms with E-state index in [9.17, 15) is 14.7 Å². The van der Waals surface area contributed by atoms with Gasteiger partial charge in [0, 0.05) is 13.5 Å². The van der Waals surface area contributed by atoms with E-state index < -0.39 is 5.97 Å². The summed E-state index contributed by atoms with van der Waals surface area (Å²) in [7, 11) is 1.52. The second-order valence-corrected chi connectivity index (χ2v) is 8.74. The SMILES string of the molecule is CCCCCCCCCCCCCCCCCCCCCC(=O)N(C)CC(=O)[O-].[Na+]. The fourth-order valence-electron chi connectivity index (χ4n) is 3.83. The topological polar surface area (TPSA) is 60.4 Å². The first-order valence-electron chi connectivity index (χ1n) is 12.5. The smallest absolute Gasteiger partial charge is 0.548 e. The monoisotopic (exact) mass is 433 g/mol. The molecule has 0 fully saturated rings. The minimum atomic E-state index is -1.20. The van der Waals surface area contributed by atoms with Crippen LogP contribution >= 0.6 is 0 Å². The molecule has 0 aromatic carbocycles. The van der Waals surface area contributed by atoms with E-state index in [-0.39, 0.29) is 42.0 Å². The van der Waals surface area contributed by atoms with Gasteiger partial charge in [-0.1, -0.05) is 122 Å². The molecule has 0 rings (SSSR count). The van der Waals surface area contributed by atoms with Crippen molar-refractivity contribution in [3.8, 4) is 0 Å². The number of carbonyl (C=O) groups excluding carboxylic acids is 2. The van der Waals surface area contributed by atoms with Crippen LogP contribution in [0, 0.1) is 0 Å². The molecule has 0 aliphatic heterocycles. The summed E-state index contributed by atoms with van der Waals surface area (Å²) in [4.78, 5) is 23.4. The van der Waals surface area contributed by atoms with Crippen LogP contribution in [0.3, 0.4) is 0 Å². The summed E-state index contributed by atoms with van der Waals surface area (Å²) < 4.78 is 0. The van der Waals surface area contributed by atoms with Gasteiger partial charge in [-0.2, -0.15) is 0 Å². The van der Waals surface area contributed by atoms with E-state index in [1.807, 2.05) is 0 Å². The molecule has 0 saturated carbocycles. The summed E-state index contributed by atoms with van der Waals surface area (Å²) in [6.45, 7) is 1.97. The molecular weight excluding hydrogens is 385 g/mol. The fourth-order valence-corrected chi connectivity index (χ4v) is 3.83. The van der Waals surface area contributed by atoms with Gasteiger partial charge in [0.05, 0.1) is 12.5 Å². The maximum Gasteiger partial charge on any atom is 1.00 e. The number of hydrogen-bond acceptors (Lipinski definition) is 3. The first-order valence-corrected chi connectivity index (χ1v) is 12.5. The molecule has 0 saturated heterocycles. The summed E-state index contributed by atoms with van der Waals surface area (Å²) >= 11 is 0. The quantitative estimate of drug-likeness (QED) is 0.195. The normalized spacial score (nSPS) is 10.6. The van der Waals surface area contributed by atoms with Gasteiger partial charge in [0.2, 0.25) is 5.91 Å². The number of hydrogen-bond donors (Lipinski definition) is 0. The number of amides is 1. The maximum absolute atomic E-state index is 11.7. The fraction of sp³-hybridized carbons (Fsp3) is 0.920. The van der Waals surface area contributed by atoms with E-state index in [2.05, 4.69) is 6.92 Å². The molecule has 4 nitrogen and oxygen atoms in total. The third-order valence-corrected chi connectivity index (χ3v) is 5.79. The van der Waals surface area contributed by atoms with Gasteiger partial charge in [-0.05, 0) is 6.42 Å². The predicted molar refractivity (Wildman–Crippen MR) is 121 cm³/mol. The molecule has 0 unspecified atom stereocenters. The van der Waals surface area contributed by atoms with Crippen molar-refractivity contribution in [2.45, 2.75) is 135 Å². The zero-order chi connectivity index (χ0) is 21.6. The molecular formula is C25H48NNaO3. The molecule has 0 bridgehead atoms. The van der Waals surface area contributed by atoms with Crippen LogP contribution in [-0.4, -0.2) is 30.4 Å². The average molecular weight is 434 g/mol. The van der Waals surface area contributed by atoms with Crippen molar-refractivity contribution < 1.29 is 44.3 Å². The van der Waals surface area contributed by atoms with Crippen molar-refractivity contribution >= 4 is 11.9 Å². The van der Waals surface area contributed by atoms with E-state index in [0.717, 1.165) is 12.8 Å². The third-order valence-electron chi connectivity index (χ3n) is 5.79. The van der Waals surface area contributed by atoms with Gasteiger partial charge in [0.15, 0.2) is 0 Å². The Morgan fingerprint density at radius 3 is 1.20 bits per heavy atom. The Hall–Kier alpha value is -0.0600. The van der Waals surface area contributed by atoms with Gasteiger partial charge in [0.25, 0.3) is 0 Å². The third kappa shape index (κ3) is 24.2. The standard InChI is InChI=1S/C25H49NO3.Na/c1-3-4-5-6-7-8-9-10-11-12-13-14-15-16-17-18-19-20-21-22-24(27)26(2)23-25(28)29;/h3-23H2,1-2H3,(H,28,29);/q;+1/p-1. The maximum atomic E-state index is 11.7. The van der Waals surface area contributed by atoms with E-state index in [1.165, 1.54) is 121 Å². The minimum Gasteiger partial charge on any atom is -0.548 e. The summed E-state index contributed by atoms with van der Waals surface area (Å²) in [5.41, 5.74) is 0. The van der Waals surface area contributed by atoms with E-state index in [4.69, 9.17) is 0 Å². The van der Waals surface area contributed by atoms with E-state index in [0.29, 0.717) is 6.42 Å². The largest absolute Gasteiger partial charge is 1.00 e. The van der Waals surface area contributed by atoms with Crippen LogP contribution in [0.25, 0.3) is 0 Å². The Bertz CT molecular complexity index is 391. The number of nitrogens with zero attached hydrogens (tertiary/aromatic N) is 1. The van der Waals surface area contributed by atoms with Crippen molar-refractivity contribution in [1.82, 2.24) is 4.90 Å². The molecule has 5 heteroatoms. The van der Waals surface area contributed by atoms with Crippen LogP contribution in [0.2, 0.25) is 0 Å². The van der Waals surface area contributed by atoms with Crippen LogP contribution in [0.5, 0.6) is 0 Å². The first kappa shape index (κ1) is 32.1. The zero-order valence-electron chi connectivity index (χ0n) is 20.5. The van der Waals surface area contributed by atoms with Gasteiger partial charge in [0.1, 0.15) is 0 Å². The summed E-state index contributed by atoms with van der Waals surface area (Å²) in [6, 6.07) is 0. The summed E-state index contributed by atoms with van der Waals surface area (Å²) in [6.07, 6.45) is 25.8. The molecule has 0 spiro atoms. The molecule has 0 radical (unpaired) electrons. The van der Waals surface area contributed by atoms with Crippen molar-refractivity contribution in [1.29, 1.82) is 0 Å². The van der Waals surface area contributed by atoms with Gasteiger partial charge in [-0.15, -0.1) is 0 Å². The second kappa shape index (κ2) is 25.2. The summed E-state index contributed by atoms with van der Waals surface area (Å²) in [5.74, 6) is -1.30. The van der Waals surface area contributed by atoms with Crippen molar-refractivity contribution in [2.75, 3.05) is 13.6 Å². The van der Waals surface area contributed by atoms with E-state index in [1.54, 1.807) is 0 Å². The van der Waals surface area contributed by atoms with Crippen LogP contribution in [-0.2, 0) is 9.59 Å². The molecule has 0 aromatic heterocycles. The van der Waals surface area contributed by atoms with Crippen LogP contribution in [0.4, 0.5) is 0 Å². The zero-order valence-corrected chi connectivity index (χ0v) is 22.5. The Labute approximate surface area is 209 Å². The molecule has 0 aliphatic rings. The number of aliphatic carboxylic acids is 1. The number of carboxylic acids is 1.